The van der Waals surface area contributed by atoms with Crippen LogP contribution in [0.3, 0.4) is 0 Å². The maximum atomic E-state index is 13.0. The van der Waals surface area contributed by atoms with Crippen LogP contribution in [0.2, 0.25) is 0 Å². The molecule has 0 aliphatic carbocycles. The SMILES string of the molecule is CCCNC(=O)c1c(O)c2cccnc2n(-c2ccc(OC)cc2)c1=O. The number of benzene rings is 1. The number of nitrogens with one attached hydrogen (secondary N) is 1. The van der Waals surface area contributed by atoms with E-state index in [-0.39, 0.29) is 17.0 Å². The minimum absolute atomic E-state index is 0.271. The van der Waals surface area contributed by atoms with Gasteiger partial charge in [-0.3, -0.25) is 14.2 Å². The van der Waals surface area contributed by atoms with Crippen molar-refractivity contribution in [1.82, 2.24) is 14.9 Å². The Morgan fingerprint density at radius 2 is 2.00 bits per heavy atom. The van der Waals surface area contributed by atoms with Crippen LogP contribution in [0.4, 0.5) is 0 Å². The molecule has 0 bridgehead atoms. The maximum Gasteiger partial charge on any atom is 0.273 e. The summed E-state index contributed by atoms with van der Waals surface area (Å²) in [6.45, 7) is 2.31. The first-order valence-electron chi connectivity index (χ1n) is 8.23. The van der Waals surface area contributed by atoms with E-state index in [0.717, 1.165) is 0 Å². The molecule has 0 saturated heterocycles. The van der Waals surface area contributed by atoms with E-state index in [1.54, 1.807) is 43.5 Å². The van der Waals surface area contributed by atoms with Gasteiger partial charge in [0.15, 0.2) is 5.65 Å². The number of hydrogen-bond acceptors (Lipinski definition) is 5. The van der Waals surface area contributed by atoms with Gasteiger partial charge >= 0.3 is 0 Å². The van der Waals surface area contributed by atoms with E-state index in [9.17, 15) is 14.7 Å². The fourth-order valence-corrected chi connectivity index (χ4v) is 2.71. The van der Waals surface area contributed by atoms with Crippen LogP contribution in [0.15, 0.2) is 47.4 Å². The molecule has 3 aromatic rings. The second kappa shape index (κ2) is 7.26. The summed E-state index contributed by atoms with van der Waals surface area (Å²) in [5, 5.41) is 13.5. The zero-order valence-corrected chi connectivity index (χ0v) is 14.5. The molecule has 0 atom stereocenters. The van der Waals surface area contributed by atoms with Crippen LogP contribution < -0.4 is 15.6 Å². The Balaban J connectivity index is 2.30. The van der Waals surface area contributed by atoms with E-state index in [2.05, 4.69) is 10.3 Å². The molecule has 0 aliphatic heterocycles. The third kappa shape index (κ3) is 2.99. The Bertz CT molecular complexity index is 1010. The number of fused-ring (bicyclic) bond motifs is 1. The van der Waals surface area contributed by atoms with Gasteiger partial charge in [-0.15, -0.1) is 0 Å². The number of ether oxygens (including phenoxy) is 1. The highest BCUT2D eigenvalue weighted by atomic mass is 16.5. The predicted octanol–water partition coefficient (Wildman–Crippen LogP) is 2.24. The first-order chi connectivity index (χ1) is 12.6. The summed E-state index contributed by atoms with van der Waals surface area (Å²) < 4.78 is 6.46. The summed E-state index contributed by atoms with van der Waals surface area (Å²) in [4.78, 5) is 29.7. The molecule has 1 aromatic carbocycles. The van der Waals surface area contributed by atoms with E-state index in [0.29, 0.717) is 29.8 Å². The van der Waals surface area contributed by atoms with Crippen LogP contribution in [0, 0.1) is 0 Å². The molecule has 1 amide bonds. The highest BCUT2D eigenvalue weighted by Crippen LogP contribution is 2.27. The molecule has 7 nitrogen and oxygen atoms in total. The van der Waals surface area contributed by atoms with Crippen LogP contribution in [0.5, 0.6) is 11.5 Å². The van der Waals surface area contributed by atoms with Gasteiger partial charge in [0.05, 0.1) is 18.2 Å². The molecule has 0 unspecified atom stereocenters. The van der Waals surface area contributed by atoms with Crippen molar-refractivity contribution >= 4 is 16.9 Å². The van der Waals surface area contributed by atoms with E-state index in [1.165, 1.54) is 10.8 Å². The zero-order valence-electron chi connectivity index (χ0n) is 14.5. The number of methoxy groups -OCH3 is 1. The lowest BCUT2D eigenvalue weighted by molar-refractivity contribution is 0.0949. The molecule has 0 aliphatic rings. The minimum Gasteiger partial charge on any atom is -0.506 e. The number of carbonyl (C=O) groups is 1. The van der Waals surface area contributed by atoms with Gasteiger partial charge in [-0.05, 0) is 42.8 Å². The molecule has 2 aromatic heterocycles. The monoisotopic (exact) mass is 353 g/mol. The third-order valence-corrected chi connectivity index (χ3v) is 4.00. The molecule has 0 spiro atoms. The predicted molar refractivity (Wildman–Crippen MR) is 98.2 cm³/mol. The molecular weight excluding hydrogens is 334 g/mol. The fourth-order valence-electron chi connectivity index (χ4n) is 2.71. The first-order valence-corrected chi connectivity index (χ1v) is 8.23. The number of rotatable bonds is 5. The van der Waals surface area contributed by atoms with Crippen LogP contribution in [-0.4, -0.2) is 34.2 Å². The lowest BCUT2D eigenvalue weighted by Gasteiger charge is -2.14. The van der Waals surface area contributed by atoms with Crippen molar-refractivity contribution in [3.63, 3.8) is 0 Å². The van der Waals surface area contributed by atoms with Gasteiger partial charge < -0.3 is 15.2 Å². The molecule has 7 heteroatoms. The molecule has 0 saturated carbocycles. The number of carbonyl (C=O) groups excluding carboxylic acids is 1. The molecule has 0 radical (unpaired) electrons. The summed E-state index contributed by atoms with van der Waals surface area (Å²) >= 11 is 0. The Morgan fingerprint density at radius 1 is 1.27 bits per heavy atom. The molecule has 26 heavy (non-hydrogen) atoms. The van der Waals surface area contributed by atoms with Crippen LogP contribution >= 0.6 is 0 Å². The first kappa shape index (κ1) is 17.5. The van der Waals surface area contributed by atoms with Crippen molar-refractivity contribution < 1.29 is 14.6 Å². The Labute approximate surface area is 149 Å². The van der Waals surface area contributed by atoms with Crippen LogP contribution in [0.1, 0.15) is 23.7 Å². The summed E-state index contributed by atoms with van der Waals surface area (Å²) in [6.07, 6.45) is 2.24. The van der Waals surface area contributed by atoms with Crippen molar-refractivity contribution in [2.75, 3.05) is 13.7 Å². The quantitative estimate of drug-likeness (QED) is 0.734. The summed E-state index contributed by atoms with van der Waals surface area (Å²) in [6, 6.07) is 10.1. The molecule has 2 N–H and O–H groups in total. The standard InChI is InChI=1S/C19H19N3O4/c1-3-10-21-18(24)15-16(23)14-5-4-11-20-17(14)22(19(15)25)12-6-8-13(26-2)9-7-12/h4-9,11,23H,3,10H2,1-2H3,(H,21,24). The van der Waals surface area contributed by atoms with Gasteiger partial charge in [0, 0.05) is 12.7 Å². The van der Waals surface area contributed by atoms with Gasteiger partial charge in [-0.1, -0.05) is 6.92 Å². The van der Waals surface area contributed by atoms with Crippen LogP contribution in [0.25, 0.3) is 16.7 Å². The summed E-state index contributed by atoms with van der Waals surface area (Å²) in [7, 11) is 1.55. The average Bonchev–Trinajstić information content (AvgIpc) is 2.67. The van der Waals surface area contributed by atoms with E-state index in [4.69, 9.17) is 4.74 Å². The molecular formula is C19H19N3O4. The van der Waals surface area contributed by atoms with E-state index in [1.807, 2.05) is 6.92 Å². The highest BCUT2D eigenvalue weighted by Gasteiger charge is 2.23. The number of amides is 1. The molecule has 2 heterocycles. The smallest absolute Gasteiger partial charge is 0.273 e. The summed E-state index contributed by atoms with van der Waals surface area (Å²) in [5.74, 6) is -0.336. The summed E-state index contributed by atoms with van der Waals surface area (Å²) in [5.41, 5.74) is -0.140. The van der Waals surface area contributed by atoms with Crippen molar-refractivity contribution in [3.8, 4) is 17.2 Å². The minimum atomic E-state index is -0.632. The van der Waals surface area contributed by atoms with Crippen molar-refractivity contribution in [2.45, 2.75) is 13.3 Å². The Morgan fingerprint density at radius 3 is 2.65 bits per heavy atom. The Hall–Kier alpha value is -3.35. The lowest BCUT2D eigenvalue weighted by Crippen LogP contribution is -2.33. The second-order valence-electron chi connectivity index (χ2n) is 5.69. The van der Waals surface area contributed by atoms with Gasteiger partial charge in [-0.2, -0.15) is 0 Å². The number of hydrogen-bond donors (Lipinski definition) is 2. The number of aromatic hydroxyl groups is 1. The van der Waals surface area contributed by atoms with Crippen LogP contribution in [-0.2, 0) is 0 Å². The van der Waals surface area contributed by atoms with E-state index >= 15 is 0 Å². The number of pyridine rings is 2. The number of aromatic nitrogens is 2. The fraction of sp³-hybridized carbons (Fsp3) is 0.211. The highest BCUT2D eigenvalue weighted by molar-refractivity contribution is 6.02. The van der Waals surface area contributed by atoms with Crippen molar-refractivity contribution in [2.24, 2.45) is 0 Å². The topological polar surface area (TPSA) is 93.5 Å². The average molecular weight is 353 g/mol. The third-order valence-electron chi connectivity index (χ3n) is 4.00. The van der Waals surface area contributed by atoms with Crippen molar-refractivity contribution in [1.29, 1.82) is 0 Å². The zero-order chi connectivity index (χ0) is 18.7. The van der Waals surface area contributed by atoms with Gasteiger partial charge in [0.25, 0.3) is 11.5 Å². The van der Waals surface area contributed by atoms with Crippen molar-refractivity contribution in [3.05, 3.63) is 58.5 Å². The normalized spacial score (nSPS) is 10.7. The lowest BCUT2D eigenvalue weighted by atomic mass is 10.1. The largest absolute Gasteiger partial charge is 0.506 e. The Kier molecular flexibility index (Phi) is 4.88. The second-order valence-corrected chi connectivity index (χ2v) is 5.69. The molecule has 3 rings (SSSR count). The molecule has 134 valence electrons. The molecule has 0 fully saturated rings. The van der Waals surface area contributed by atoms with E-state index < -0.39 is 11.5 Å². The number of nitrogens with zero attached hydrogens (tertiary/aromatic N) is 2. The van der Waals surface area contributed by atoms with Gasteiger partial charge in [0.1, 0.15) is 17.1 Å². The maximum absolute atomic E-state index is 13.0. The van der Waals surface area contributed by atoms with Gasteiger partial charge in [-0.25, -0.2) is 4.98 Å². The van der Waals surface area contributed by atoms with Gasteiger partial charge in [0.2, 0.25) is 0 Å².